The number of carbonyl (C=O) groups excluding carboxylic acids is 1. The summed E-state index contributed by atoms with van der Waals surface area (Å²) in [7, 11) is 0. The van der Waals surface area contributed by atoms with Crippen molar-refractivity contribution in [2.75, 3.05) is 0 Å². The van der Waals surface area contributed by atoms with E-state index in [2.05, 4.69) is 10.5 Å². The quantitative estimate of drug-likeness (QED) is 0.459. The highest BCUT2D eigenvalue weighted by Gasteiger charge is 2.06. The second kappa shape index (κ2) is 9.15. The number of hydrogen-bond donors (Lipinski definition) is 1. The maximum Gasteiger partial charge on any atom is 0.271 e. The fourth-order valence-electron chi connectivity index (χ4n) is 2.43. The van der Waals surface area contributed by atoms with E-state index in [1.54, 1.807) is 6.92 Å². The third kappa shape index (κ3) is 5.41. The molecule has 3 aromatic rings. The van der Waals surface area contributed by atoms with Gasteiger partial charge in [0.2, 0.25) is 0 Å². The zero-order valence-electron chi connectivity index (χ0n) is 15.2. The fraction of sp³-hybridized carbons (Fsp3) is 0.0909. The number of halogens is 2. The predicted octanol–water partition coefficient (Wildman–Crippen LogP) is 5.21. The predicted molar refractivity (Wildman–Crippen MR) is 108 cm³/mol. The summed E-state index contributed by atoms with van der Waals surface area (Å²) in [6.45, 7) is 2.21. The normalized spacial score (nSPS) is 11.2. The molecule has 0 aliphatic carbocycles. The summed E-state index contributed by atoms with van der Waals surface area (Å²) in [5.74, 6) is -0.223. The Bertz CT molecular complexity index is 986. The molecule has 4 nitrogen and oxygen atoms in total. The molecule has 0 aliphatic heterocycles. The minimum Gasteiger partial charge on any atom is -0.489 e. The van der Waals surface area contributed by atoms with Crippen molar-refractivity contribution in [3.8, 4) is 5.75 Å². The minimum absolute atomic E-state index is 0.211. The van der Waals surface area contributed by atoms with Crippen molar-refractivity contribution in [1.82, 2.24) is 5.43 Å². The van der Waals surface area contributed by atoms with Crippen molar-refractivity contribution in [2.24, 2.45) is 5.10 Å². The van der Waals surface area contributed by atoms with Crippen LogP contribution in [-0.4, -0.2) is 11.6 Å². The molecule has 0 unspecified atom stereocenters. The van der Waals surface area contributed by atoms with Gasteiger partial charge in [-0.15, -0.1) is 0 Å². The maximum absolute atomic E-state index is 13.2. The Morgan fingerprint density at radius 2 is 1.75 bits per heavy atom. The molecule has 6 heteroatoms. The summed E-state index contributed by atoms with van der Waals surface area (Å²) in [4.78, 5) is 12.0. The third-order valence-electron chi connectivity index (χ3n) is 4.00. The van der Waals surface area contributed by atoms with E-state index >= 15 is 0 Å². The van der Waals surface area contributed by atoms with Gasteiger partial charge in [-0.1, -0.05) is 29.8 Å². The van der Waals surface area contributed by atoms with Crippen molar-refractivity contribution < 1.29 is 13.9 Å². The van der Waals surface area contributed by atoms with Crippen LogP contribution in [0.5, 0.6) is 5.75 Å². The van der Waals surface area contributed by atoms with Crippen LogP contribution in [0.15, 0.2) is 77.9 Å². The van der Waals surface area contributed by atoms with Gasteiger partial charge < -0.3 is 4.74 Å². The lowest BCUT2D eigenvalue weighted by atomic mass is 10.1. The van der Waals surface area contributed by atoms with E-state index in [-0.39, 0.29) is 5.56 Å². The number of ether oxygens (including phenoxy) is 1. The average molecular weight is 397 g/mol. The molecule has 0 atom stereocenters. The van der Waals surface area contributed by atoms with Gasteiger partial charge in [-0.05, 0) is 72.6 Å². The second-order valence-corrected chi connectivity index (χ2v) is 6.52. The molecule has 1 N–H and O–H groups in total. The highest BCUT2D eigenvalue weighted by molar-refractivity contribution is 6.30. The van der Waals surface area contributed by atoms with Crippen LogP contribution in [0.25, 0.3) is 0 Å². The van der Waals surface area contributed by atoms with Crippen LogP contribution < -0.4 is 10.2 Å². The Morgan fingerprint density at radius 3 is 2.43 bits per heavy atom. The van der Waals surface area contributed by atoms with E-state index in [4.69, 9.17) is 16.3 Å². The average Bonchev–Trinajstić information content (AvgIpc) is 2.71. The molecule has 142 valence electrons. The molecule has 28 heavy (non-hydrogen) atoms. The zero-order valence-corrected chi connectivity index (χ0v) is 15.9. The van der Waals surface area contributed by atoms with Crippen LogP contribution in [0.3, 0.4) is 0 Å². The molecule has 0 saturated heterocycles. The highest BCUT2D eigenvalue weighted by atomic mass is 35.5. The van der Waals surface area contributed by atoms with Gasteiger partial charge in [0, 0.05) is 10.6 Å². The number of hydrazone groups is 1. The molecule has 0 saturated carbocycles. The molecular weight excluding hydrogens is 379 g/mol. The Kier molecular flexibility index (Phi) is 6.40. The summed E-state index contributed by atoms with van der Waals surface area (Å²) in [5.41, 5.74) is 5.11. The lowest BCUT2D eigenvalue weighted by Crippen LogP contribution is -2.19. The summed E-state index contributed by atoms with van der Waals surface area (Å²) in [6.07, 6.45) is 0. The van der Waals surface area contributed by atoms with Gasteiger partial charge in [0.25, 0.3) is 5.91 Å². The molecule has 0 heterocycles. The zero-order chi connectivity index (χ0) is 19.9. The lowest BCUT2D eigenvalue weighted by Gasteiger charge is -2.08. The molecule has 0 radical (unpaired) electrons. The van der Waals surface area contributed by atoms with Crippen molar-refractivity contribution >= 4 is 23.2 Å². The van der Waals surface area contributed by atoms with Crippen LogP contribution in [0, 0.1) is 5.82 Å². The molecular formula is C22H18ClFN2O2. The van der Waals surface area contributed by atoms with E-state index in [0.29, 0.717) is 17.3 Å². The van der Waals surface area contributed by atoms with Gasteiger partial charge in [-0.2, -0.15) is 5.10 Å². The van der Waals surface area contributed by atoms with Gasteiger partial charge in [0.05, 0.1) is 5.71 Å². The topological polar surface area (TPSA) is 50.7 Å². The van der Waals surface area contributed by atoms with Crippen molar-refractivity contribution in [2.45, 2.75) is 13.5 Å². The van der Waals surface area contributed by atoms with E-state index in [0.717, 1.165) is 22.9 Å². The number of amides is 1. The van der Waals surface area contributed by atoms with Gasteiger partial charge in [0.1, 0.15) is 18.2 Å². The number of benzene rings is 3. The van der Waals surface area contributed by atoms with Gasteiger partial charge in [0.15, 0.2) is 0 Å². The Hall–Kier alpha value is -3.18. The summed E-state index contributed by atoms with van der Waals surface area (Å²) < 4.78 is 18.9. The van der Waals surface area contributed by atoms with Gasteiger partial charge in [-0.25, -0.2) is 9.82 Å². The molecule has 0 bridgehead atoms. The van der Waals surface area contributed by atoms with Gasteiger partial charge in [-0.3, -0.25) is 4.79 Å². The lowest BCUT2D eigenvalue weighted by molar-refractivity contribution is 0.0954. The van der Waals surface area contributed by atoms with Crippen LogP contribution in [0.1, 0.15) is 28.4 Å². The number of nitrogens with zero attached hydrogens (tertiary/aromatic N) is 1. The molecule has 0 aliphatic rings. The van der Waals surface area contributed by atoms with E-state index in [1.165, 1.54) is 18.2 Å². The molecule has 3 aromatic carbocycles. The summed E-state index contributed by atoms with van der Waals surface area (Å²) >= 11 is 5.87. The van der Waals surface area contributed by atoms with Crippen LogP contribution in [0.2, 0.25) is 5.02 Å². The van der Waals surface area contributed by atoms with E-state index < -0.39 is 11.7 Å². The van der Waals surface area contributed by atoms with Crippen molar-refractivity contribution in [1.29, 1.82) is 0 Å². The molecule has 0 aromatic heterocycles. The fourth-order valence-corrected chi connectivity index (χ4v) is 2.56. The Balaban J connectivity index is 1.58. The minimum atomic E-state index is -0.471. The first-order valence-electron chi connectivity index (χ1n) is 8.59. The van der Waals surface area contributed by atoms with Crippen LogP contribution in [0.4, 0.5) is 4.39 Å². The first-order valence-corrected chi connectivity index (χ1v) is 8.97. The summed E-state index contributed by atoms with van der Waals surface area (Å²) in [6, 6.07) is 20.3. The molecule has 3 rings (SSSR count). The molecule has 0 fully saturated rings. The van der Waals surface area contributed by atoms with Crippen molar-refractivity contribution in [3.05, 3.63) is 100 Å². The SMILES string of the molecule is C/C(=N\NC(=O)c1cccc(F)c1)c1ccc(OCc2ccc(Cl)cc2)cc1. The number of nitrogens with one attached hydrogen (secondary N) is 1. The monoisotopic (exact) mass is 396 g/mol. The molecule has 1 amide bonds. The van der Waals surface area contributed by atoms with Crippen LogP contribution in [-0.2, 0) is 6.61 Å². The smallest absolute Gasteiger partial charge is 0.271 e. The Labute approximate surface area is 167 Å². The first-order chi connectivity index (χ1) is 13.5. The van der Waals surface area contributed by atoms with Gasteiger partial charge >= 0.3 is 0 Å². The number of carbonyl (C=O) groups is 1. The summed E-state index contributed by atoms with van der Waals surface area (Å²) in [5, 5.41) is 4.76. The van der Waals surface area contributed by atoms with Crippen LogP contribution >= 0.6 is 11.6 Å². The maximum atomic E-state index is 13.2. The number of hydrogen-bond acceptors (Lipinski definition) is 3. The number of rotatable bonds is 6. The molecule has 0 spiro atoms. The first kappa shape index (κ1) is 19.6. The highest BCUT2D eigenvalue weighted by Crippen LogP contribution is 2.16. The second-order valence-electron chi connectivity index (χ2n) is 6.09. The Morgan fingerprint density at radius 1 is 1.04 bits per heavy atom. The third-order valence-corrected chi connectivity index (χ3v) is 4.25. The van der Waals surface area contributed by atoms with E-state index in [1.807, 2.05) is 48.5 Å². The standard InChI is InChI=1S/C22H18ClFN2O2/c1-15(25-26-22(27)18-3-2-4-20(24)13-18)17-7-11-21(12-8-17)28-14-16-5-9-19(23)10-6-16/h2-13H,14H2,1H3,(H,26,27)/b25-15+. The van der Waals surface area contributed by atoms with E-state index in [9.17, 15) is 9.18 Å². The largest absolute Gasteiger partial charge is 0.489 e. The van der Waals surface area contributed by atoms with Crippen molar-refractivity contribution in [3.63, 3.8) is 0 Å².